The van der Waals surface area contributed by atoms with Gasteiger partial charge in [0.25, 0.3) is 0 Å². The molecule has 0 saturated heterocycles. The van der Waals surface area contributed by atoms with Gasteiger partial charge in [-0.25, -0.2) is 17.2 Å². The Morgan fingerprint density at radius 2 is 1.79 bits per heavy atom. The minimum atomic E-state index is -3.78. The third-order valence-electron chi connectivity index (χ3n) is 8.11. The molecule has 0 aliphatic heterocycles. The minimum Gasteiger partial charge on any atom is -0.207 e. The van der Waals surface area contributed by atoms with Crippen LogP contribution in [0.5, 0.6) is 0 Å². The Labute approximate surface area is 224 Å². The summed E-state index contributed by atoms with van der Waals surface area (Å²) in [7, 11) is -2.35. The Morgan fingerprint density at radius 3 is 2.32 bits per heavy atom. The van der Waals surface area contributed by atoms with Gasteiger partial charge in [-0.1, -0.05) is 40.3 Å². The molecule has 1 unspecified atom stereocenters. The number of azo groups is 1. The van der Waals surface area contributed by atoms with Crippen molar-refractivity contribution in [2.75, 3.05) is 20.1 Å². The molecule has 202 valence electrons. The van der Waals surface area contributed by atoms with Gasteiger partial charge in [-0.3, -0.25) is 0 Å². The molecule has 2 aromatic carbocycles. The van der Waals surface area contributed by atoms with Gasteiger partial charge in [-0.05, 0) is 77.6 Å². The highest BCUT2D eigenvalue weighted by atomic mass is 32.2. The van der Waals surface area contributed by atoms with E-state index in [4.69, 9.17) is 5.26 Å². The number of allylic oxidation sites excluding steroid dienone is 2. The number of nitriles is 1. The first-order valence-electron chi connectivity index (χ1n) is 12.5. The van der Waals surface area contributed by atoms with Crippen molar-refractivity contribution in [3.8, 4) is 6.07 Å². The molecule has 1 saturated carbocycles. The predicted molar refractivity (Wildman–Crippen MR) is 144 cm³/mol. The summed E-state index contributed by atoms with van der Waals surface area (Å²) in [5.41, 5.74) is 0.0137. The first kappa shape index (κ1) is 29.3. The molecular formula is C29H34F2N4O2S. The molecule has 3 rings (SSSR count). The topological polar surface area (TPSA) is 85.9 Å². The third-order valence-corrected chi connectivity index (χ3v) is 10.0. The van der Waals surface area contributed by atoms with Gasteiger partial charge >= 0.3 is 0 Å². The third kappa shape index (κ3) is 5.47. The Kier molecular flexibility index (Phi) is 8.69. The van der Waals surface area contributed by atoms with E-state index < -0.39 is 32.5 Å². The van der Waals surface area contributed by atoms with Gasteiger partial charge < -0.3 is 0 Å². The fourth-order valence-corrected chi connectivity index (χ4v) is 6.96. The van der Waals surface area contributed by atoms with Crippen molar-refractivity contribution in [2.45, 2.75) is 45.4 Å². The molecule has 0 spiro atoms. The normalized spacial score (nSPS) is 21.7. The summed E-state index contributed by atoms with van der Waals surface area (Å²) in [6, 6.07) is 11.5. The standard InChI is InChI=1S/C29H34F2N4O2S/c1-7-35(38(36,37)22-13-11-21(18-32)12-14-22)19-29(5)16-15-23(28(29,3)4)20(2)17-26(34-33-6)27-24(30)9-8-10-25(27)31/h8-14,17,23H,2,7,15-16,19H2,1,3-6H3/b26-17-,34-33?/t23-,29?/m0/s1. The lowest BCUT2D eigenvalue weighted by Gasteiger charge is -2.44. The number of rotatable bonds is 9. The highest BCUT2D eigenvalue weighted by Gasteiger charge is 2.53. The predicted octanol–water partition coefficient (Wildman–Crippen LogP) is 6.97. The van der Waals surface area contributed by atoms with E-state index in [1.807, 2.05) is 6.07 Å². The molecule has 0 heterocycles. The van der Waals surface area contributed by atoms with Gasteiger partial charge in [0.05, 0.1) is 27.8 Å². The van der Waals surface area contributed by atoms with Crippen LogP contribution in [0.3, 0.4) is 0 Å². The second-order valence-corrected chi connectivity index (χ2v) is 12.4. The van der Waals surface area contributed by atoms with Crippen LogP contribution in [0, 0.1) is 39.7 Å². The summed E-state index contributed by atoms with van der Waals surface area (Å²) in [6.45, 7) is 12.8. The molecule has 38 heavy (non-hydrogen) atoms. The van der Waals surface area contributed by atoms with Crippen LogP contribution >= 0.6 is 0 Å². The number of hydrogen-bond acceptors (Lipinski definition) is 5. The smallest absolute Gasteiger partial charge is 0.207 e. The van der Waals surface area contributed by atoms with Gasteiger partial charge in [0.15, 0.2) is 0 Å². The Morgan fingerprint density at radius 1 is 1.18 bits per heavy atom. The van der Waals surface area contributed by atoms with Crippen molar-refractivity contribution in [2.24, 2.45) is 27.0 Å². The number of hydrogen-bond donors (Lipinski definition) is 0. The van der Waals surface area contributed by atoms with Gasteiger partial charge in [-0.2, -0.15) is 19.8 Å². The first-order valence-corrected chi connectivity index (χ1v) is 13.9. The van der Waals surface area contributed by atoms with E-state index >= 15 is 0 Å². The number of sulfonamides is 1. The fraction of sp³-hybridized carbons (Fsp3) is 0.414. The van der Waals surface area contributed by atoms with Crippen molar-refractivity contribution in [3.63, 3.8) is 0 Å². The maximum absolute atomic E-state index is 14.5. The largest absolute Gasteiger partial charge is 0.243 e. The van der Waals surface area contributed by atoms with Gasteiger partial charge in [0, 0.05) is 20.1 Å². The minimum absolute atomic E-state index is 0.0519. The van der Waals surface area contributed by atoms with E-state index in [1.54, 1.807) is 13.0 Å². The molecule has 0 N–H and O–H groups in total. The fourth-order valence-electron chi connectivity index (χ4n) is 5.38. The quantitative estimate of drug-likeness (QED) is 0.254. The molecule has 1 fully saturated rings. The van der Waals surface area contributed by atoms with Crippen LogP contribution in [0.1, 0.15) is 51.7 Å². The average Bonchev–Trinajstić information content (AvgIpc) is 3.10. The van der Waals surface area contributed by atoms with E-state index in [1.165, 1.54) is 53.8 Å². The maximum Gasteiger partial charge on any atom is 0.243 e. The number of benzene rings is 2. The summed E-state index contributed by atoms with van der Waals surface area (Å²) < 4.78 is 57.5. The van der Waals surface area contributed by atoms with Crippen LogP contribution in [0.4, 0.5) is 8.78 Å². The van der Waals surface area contributed by atoms with E-state index in [0.717, 1.165) is 12.8 Å². The van der Waals surface area contributed by atoms with E-state index in [0.29, 0.717) is 11.1 Å². The van der Waals surface area contributed by atoms with Crippen molar-refractivity contribution >= 4 is 15.7 Å². The Balaban J connectivity index is 1.92. The van der Waals surface area contributed by atoms with Crippen LogP contribution < -0.4 is 0 Å². The van der Waals surface area contributed by atoms with Crippen molar-refractivity contribution < 1.29 is 17.2 Å². The van der Waals surface area contributed by atoms with Crippen LogP contribution in [-0.4, -0.2) is 32.9 Å². The zero-order chi connectivity index (χ0) is 28.3. The summed E-state index contributed by atoms with van der Waals surface area (Å²) in [5.74, 6) is -1.56. The molecule has 0 aromatic heterocycles. The molecule has 6 nitrogen and oxygen atoms in total. The summed E-state index contributed by atoms with van der Waals surface area (Å²) >= 11 is 0. The van der Waals surface area contributed by atoms with Gasteiger partial charge in [0.1, 0.15) is 11.6 Å². The zero-order valence-corrected chi connectivity index (χ0v) is 23.3. The molecule has 1 aliphatic carbocycles. The lowest BCUT2D eigenvalue weighted by Crippen LogP contribution is -2.46. The highest BCUT2D eigenvalue weighted by Crippen LogP contribution is 2.58. The van der Waals surface area contributed by atoms with Gasteiger partial charge in [-0.15, -0.1) is 0 Å². The molecular weight excluding hydrogens is 506 g/mol. The number of halogens is 2. The SMILES string of the molecule is C=C(/C=C(\N=NC)c1c(F)cccc1F)[C@@H]1CCC(C)(CN(CC)S(=O)(=O)c2ccc(C#N)cc2)C1(C)C. The molecule has 1 aliphatic rings. The maximum atomic E-state index is 14.5. The molecule has 2 atom stereocenters. The first-order chi connectivity index (χ1) is 17.8. The van der Waals surface area contributed by atoms with Crippen LogP contribution in [0.15, 0.2) is 75.8 Å². The van der Waals surface area contributed by atoms with Crippen LogP contribution in [-0.2, 0) is 10.0 Å². The van der Waals surface area contributed by atoms with Crippen molar-refractivity contribution in [1.29, 1.82) is 5.26 Å². The summed E-state index contributed by atoms with van der Waals surface area (Å²) in [6.07, 6.45) is 3.04. The molecule has 9 heteroatoms. The van der Waals surface area contributed by atoms with Crippen LogP contribution in [0.2, 0.25) is 0 Å². The van der Waals surface area contributed by atoms with Gasteiger partial charge in [0.2, 0.25) is 10.0 Å². The van der Waals surface area contributed by atoms with Crippen molar-refractivity contribution in [1.82, 2.24) is 4.31 Å². The highest BCUT2D eigenvalue weighted by molar-refractivity contribution is 7.89. The van der Waals surface area contributed by atoms with Crippen LogP contribution in [0.25, 0.3) is 5.70 Å². The lowest BCUT2D eigenvalue weighted by molar-refractivity contribution is 0.0803. The van der Waals surface area contributed by atoms with E-state index in [-0.39, 0.29) is 35.2 Å². The number of nitrogens with zero attached hydrogens (tertiary/aromatic N) is 4. The summed E-state index contributed by atoms with van der Waals surface area (Å²) in [4.78, 5) is 0.142. The second-order valence-electron chi connectivity index (χ2n) is 10.4. The molecule has 2 aromatic rings. The Bertz CT molecular complexity index is 1390. The average molecular weight is 541 g/mol. The summed E-state index contributed by atoms with van der Waals surface area (Å²) in [5, 5.41) is 16.8. The molecule has 0 radical (unpaired) electrons. The zero-order valence-electron chi connectivity index (χ0n) is 22.5. The van der Waals surface area contributed by atoms with E-state index in [2.05, 4.69) is 37.6 Å². The lowest BCUT2D eigenvalue weighted by atomic mass is 9.64. The van der Waals surface area contributed by atoms with Crippen molar-refractivity contribution in [3.05, 3.63) is 83.5 Å². The second kappa shape index (κ2) is 11.3. The monoisotopic (exact) mass is 540 g/mol. The Hall–Kier alpha value is -3.22. The van der Waals surface area contributed by atoms with E-state index in [9.17, 15) is 17.2 Å². The molecule has 0 amide bonds. The molecule has 0 bridgehead atoms.